The molecule has 16 heavy (non-hydrogen) atoms. The molecule has 1 aliphatic rings. The van der Waals surface area contributed by atoms with Crippen LogP contribution in [0.25, 0.3) is 0 Å². The van der Waals surface area contributed by atoms with Crippen LogP contribution in [-0.4, -0.2) is 23.8 Å². The van der Waals surface area contributed by atoms with Crippen molar-refractivity contribution in [3.8, 4) is 0 Å². The highest BCUT2D eigenvalue weighted by molar-refractivity contribution is 6.20. The first kappa shape index (κ1) is 13.8. The Labute approximate surface area is 99.7 Å². The summed E-state index contributed by atoms with van der Waals surface area (Å²) in [6.07, 6.45) is -1.71. The number of hydrogen-bond acceptors (Lipinski definition) is 2. The normalized spacial score (nSPS) is 31.8. The van der Waals surface area contributed by atoms with E-state index in [4.69, 9.17) is 11.6 Å². The molecule has 0 radical (unpaired) electrons. The number of Topliss-reactive ketones (excluding diaryl/α,β-unsaturated/α-hetero) is 1. The summed E-state index contributed by atoms with van der Waals surface area (Å²) in [6, 6.07) is -0.823. The van der Waals surface area contributed by atoms with Gasteiger partial charge < -0.3 is 0 Å². The minimum atomic E-state index is -2.48. The molecule has 0 aliphatic carbocycles. The van der Waals surface area contributed by atoms with Crippen molar-refractivity contribution in [1.82, 2.24) is 5.32 Å². The Morgan fingerprint density at radius 3 is 2.38 bits per heavy atom. The average Bonchev–Trinajstić information content (AvgIpc) is 2.14. The molecule has 5 heteroatoms. The van der Waals surface area contributed by atoms with Crippen molar-refractivity contribution < 1.29 is 13.6 Å². The van der Waals surface area contributed by atoms with Gasteiger partial charge in [-0.3, -0.25) is 10.1 Å². The zero-order chi connectivity index (χ0) is 12.5. The fourth-order valence-electron chi connectivity index (χ4n) is 1.92. The van der Waals surface area contributed by atoms with Crippen LogP contribution in [0.1, 0.15) is 33.6 Å². The van der Waals surface area contributed by atoms with Gasteiger partial charge in [-0.2, -0.15) is 0 Å². The predicted molar refractivity (Wildman–Crippen MR) is 59.8 cm³/mol. The summed E-state index contributed by atoms with van der Waals surface area (Å²) in [5, 5.41) is 2.79. The van der Waals surface area contributed by atoms with E-state index in [1.807, 2.05) is 0 Å². The molecule has 0 aromatic heterocycles. The second-order valence-corrected chi connectivity index (χ2v) is 5.83. The van der Waals surface area contributed by atoms with Crippen LogP contribution in [0.2, 0.25) is 0 Å². The topological polar surface area (TPSA) is 29.1 Å². The zero-order valence-electron chi connectivity index (χ0n) is 9.77. The average molecular weight is 254 g/mol. The van der Waals surface area contributed by atoms with Gasteiger partial charge in [0.05, 0.1) is 11.5 Å². The van der Waals surface area contributed by atoms with Crippen LogP contribution in [0.15, 0.2) is 0 Å². The van der Waals surface area contributed by atoms with Crippen molar-refractivity contribution in [2.75, 3.05) is 0 Å². The summed E-state index contributed by atoms with van der Waals surface area (Å²) >= 11 is 5.87. The fourth-order valence-corrected chi connectivity index (χ4v) is 2.18. The molecule has 0 bridgehead atoms. The van der Waals surface area contributed by atoms with Gasteiger partial charge in [-0.05, 0) is 12.8 Å². The van der Waals surface area contributed by atoms with Crippen molar-refractivity contribution in [3.05, 3.63) is 0 Å². The number of alkyl halides is 3. The largest absolute Gasteiger partial charge is 0.297 e. The fraction of sp³-hybridized carbons (Fsp3) is 0.909. The van der Waals surface area contributed by atoms with E-state index in [1.54, 1.807) is 20.8 Å². The second-order valence-electron chi connectivity index (χ2n) is 5.30. The standard InChI is InChI=1S/C11H18ClF2NO/c1-11(2,3)9(16)8-6(10(13)14)4-5-7(12)15-8/h6-8,10,15H,4-5H2,1-3H3. The molecule has 1 aliphatic heterocycles. The Morgan fingerprint density at radius 1 is 1.38 bits per heavy atom. The first-order valence-electron chi connectivity index (χ1n) is 5.46. The number of ketones is 1. The van der Waals surface area contributed by atoms with Gasteiger partial charge in [0.2, 0.25) is 6.43 Å². The van der Waals surface area contributed by atoms with Gasteiger partial charge in [-0.1, -0.05) is 20.8 Å². The van der Waals surface area contributed by atoms with Gasteiger partial charge in [0.1, 0.15) is 0 Å². The quantitative estimate of drug-likeness (QED) is 0.606. The maximum atomic E-state index is 12.8. The highest BCUT2D eigenvalue weighted by Crippen LogP contribution is 2.31. The smallest absolute Gasteiger partial charge is 0.243 e. The molecule has 1 saturated heterocycles. The monoisotopic (exact) mass is 253 g/mol. The number of carbonyl (C=O) groups is 1. The Kier molecular flexibility index (Phi) is 4.29. The molecule has 0 saturated carbocycles. The third-order valence-electron chi connectivity index (χ3n) is 2.89. The highest BCUT2D eigenvalue weighted by Gasteiger charge is 2.42. The molecule has 3 unspecified atom stereocenters. The zero-order valence-corrected chi connectivity index (χ0v) is 10.5. The molecule has 1 fully saturated rings. The van der Waals surface area contributed by atoms with E-state index in [0.717, 1.165) is 0 Å². The lowest BCUT2D eigenvalue weighted by atomic mass is 9.78. The highest BCUT2D eigenvalue weighted by atomic mass is 35.5. The van der Waals surface area contributed by atoms with Gasteiger partial charge in [-0.15, -0.1) is 11.6 Å². The SMILES string of the molecule is CC(C)(C)C(=O)C1NC(Cl)CCC1C(F)F. The molecule has 3 atom stereocenters. The van der Waals surface area contributed by atoms with Gasteiger partial charge >= 0.3 is 0 Å². The lowest BCUT2D eigenvalue weighted by Gasteiger charge is -2.36. The van der Waals surface area contributed by atoms with E-state index in [1.165, 1.54) is 0 Å². The molecular formula is C11H18ClF2NO. The van der Waals surface area contributed by atoms with E-state index in [-0.39, 0.29) is 11.3 Å². The number of rotatable bonds is 2. The summed E-state index contributed by atoms with van der Waals surface area (Å²) in [7, 11) is 0. The second kappa shape index (κ2) is 4.96. The van der Waals surface area contributed by atoms with Crippen LogP contribution in [-0.2, 0) is 4.79 Å². The van der Waals surface area contributed by atoms with Crippen LogP contribution in [0, 0.1) is 11.3 Å². The molecule has 1 rings (SSSR count). The Bertz CT molecular complexity index is 265. The number of nitrogens with one attached hydrogen (secondary N) is 1. The molecule has 94 valence electrons. The van der Waals surface area contributed by atoms with Crippen LogP contribution in [0.5, 0.6) is 0 Å². The summed E-state index contributed by atoms with van der Waals surface area (Å²) in [4.78, 5) is 12.0. The number of halogens is 3. The Morgan fingerprint density at radius 2 is 1.94 bits per heavy atom. The molecule has 0 spiro atoms. The van der Waals surface area contributed by atoms with Crippen molar-refractivity contribution in [1.29, 1.82) is 0 Å². The van der Waals surface area contributed by atoms with E-state index < -0.39 is 23.8 Å². The maximum Gasteiger partial charge on any atom is 0.243 e. The molecular weight excluding hydrogens is 236 g/mol. The van der Waals surface area contributed by atoms with Crippen molar-refractivity contribution in [2.24, 2.45) is 11.3 Å². The number of piperidine rings is 1. The molecule has 2 nitrogen and oxygen atoms in total. The third kappa shape index (κ3) is 3.14. The molecule has 0 amide bonds. The third-order valence-corrected chi connectivity index (χ3v) is 3.23. The Hall–Kier alpha value is -0.220. The summed E-state index contributed by atoms with van der Waals surface area (Å²) in [5.74, 6) is -1.11. The first-order valence-corrected chi connectivity index (χ1v) is 5.89. The van der Waals surface area contributed by atoms with Crippen LogP contribution >= 0.6 is 11.6 Å². The van der Waals surface area contributed by atoms with E-state index in [0.29, 0.717) is 12.8 Å². The lowest BCUT2D eigenvalue weighted by molar-refractivity contribution is -0.133. The van der Waals surface area contributed by atoms with E-state index >= 15 is 0 Å². The summed E-state index contributed by atoms with van der Waals surface area (Å²) in [6.45, 7) is 5.20. The maximum absolute atomic E-state index is 12.8. The minimum Gasteiger partial charge on any atom is -0.297 e. The van der Waals surface area contributed by atoms with Gasteiger partial charge in [0.25, 0.3) is 0 Å². The van der Waals surface area contributed by atoms with Crippen molar-refractivity contribution >= 4 is 17.4 Å². The molecule has 1 heterocycles. The number of carbonyl (C=O) groups excluding carboxylic acids is 1. The van der Waals surface area contributed by atoms with E-state index in [9.17, 15) is 13.6 Å². The first-order chi connectivity index (χ1) is 7.23. The lowest BCUT2D eigenvalue weighted by Crippen LogP contribution is -2.55. The van der Waals surface area contributed by atoms with Crippen molar-refractivity contribution in [2.45, 2.75) is 51.6 Å². The van der Waals surface area contributed by atoms with Gasteiger partial charge in [-0.25, -0.2) is 8.78 Å². The van der Waals surface area contributed by atoms with Gasteiger partial charge in [0, 0.05) is 11.3 Å². The summed E-state index contributed by atoms with van der Waals surface area (Å²) in [5.41, 5.74) is -1.01. The van der Waals surface area contributed by atoms with Gasteiger partial charge in [0.15, 0.2) is 5.78 Å². The molecule has 0 aromatic rings. The minimum absolute atomic E-state index is 0.192. The predicted octanol–water partition coefficient (Wildman–Crippen LogP) is 2.80. The van der Waals surface area contributed by atoms with Crippen LogP contribution < -0.4 is 5.32 Å². The van der Waals surface area contributed by atoms with Crippen LogP contribution in [0.4, 0.5) is 8.78 Å². The van der Waals surface area contributed by atoms with Crippen molar-refractivity contribution in [3.63, 3.8) is 0 Å². The number of hydrogen-bond donors (Lipinski definition) is 1. The molecule has 0 aromatic carbocycles. The molecule has 1 N–H and O–H groups in total. The Balaban J connectivity index is 2.83. The summed E-state index contributed by atoms with van der Waals surface area (Å²) < 4.78 is 25.6. The van der Waals surface area contributed by atoms with E-state index in [2.05, 4.69) is 5.32 Å². The van der Waals surface area contributed by atoms with Crippen LogP contribution in [0.3, 0.4) is 0 Å².